The molecule has 0 radical (unpaired) electrons. The van der Waals surface area contributed by atoms with E-state index in [2.05, 4.69) is 13.9 Å². The summed E-state index contributed by atoms with van der Waals surface area (Å²) >= 11 is 13.6. The van der Waals surface area contributed by atoms with Crippen LogP contribution in [-0.2, 0) is 17.7 Å². The van der Waals surface area contributed by atoms with Gasteiger partial charge in [0.1, 0.15) is 5.82 Å². The summed E-state index contributed by atoms with van der Waals surface area (Å²) in [6.45, 7) is 4.69. The van der Waals surface area contributed by atoms with Gasteiger partial charge in [-0.3, -0.25) is 14.4 Å². The number of nitrogens with zero attached hydrogens (tertiary/aromatic N) is 2. The largest absolute Gasteiger partial charge is 0.375 e. The van der Waals surface area contributed by atoms with E-state index >= 15 is 4.39 Å². The predicted octanol–water partition coefficient (Wildman–Crippen LogP) is 5.45. The molecule has 1 unspecified atom stereocenters. The van der Waals surface area contributed by atoms with E-state index in [4.69, 9.17) is 27.9 Å². The van der Waals surface area contributed by atoms with Gasteiger partial charge in [-0.05, 0) is 78.6 Å². The van der Waals surface area contributed by atoms with Crippen molar-refractivity contribution < 1.29 is 13.9 Å². The predicted molar refractivity (Wildman–Crippen MR) is 135 cm³/mol. The number of ether oxygens (including phenoxy) is 1. The minimum absolute atomic E-state index is 0.0149. The second-order valence-electron chi connectivity index (χ2n) is 9.32. The Kier molecular flexibility index (Phi) is 7.68. The van der Waals surface area contributed by atoms with Crippen molar-refractivity contribution in [2.75, 3.05) is 32.8 Å². The van der Waals surface area contributed by atoms with E-state index in [1.807, 2.05) is 12.1 Å². The number of hydrogen-bond donors (Lipinski definition) is 1. The number of rotatable bonds is 8. The first-order valence-corrected chi connectivity index (χ1v) is 13.3. The van der Waals surface area contributed by atoms with Gasteiger partial charge in [0.25, 0.3) is 5.91 Å². The fourth-order valence-corrected chi connectivity index (χ4v) is 5.87. The first-order chi connectivity index (χ1) is 16.4. The summed E-state index contributed by atoms with van der Waals surface area (Å²) < 4.78 is 25.9. The fraction of sp³-hybridized carbons (Fsp3) is 0.480. The maximum Gasteiger partial charge on any atom is 0.265 e. The second kappa shape index (κ2) is 10.7. The van der Waals surface area contributed by atoms with Crippen LogP contribution in [0.4, 0.5) is 4.39 Å². The third-order valence-corrected chi connectivity index (χ3v) is 7.91. The molecule has 2 saturated heterocycles. The van der Waals surface area contributed by atoms with Crippen molar-refractivity contribution in [1.29, 1.82) is 0 Å². The first kappa shape index (κ1) is 24.3. The Morgan fingerprint density at radius 2 is 1.88 bits per heavy atom. The molecule has 1 atom stereocenters. The average Bonchev–Trinajstić information content (AvgIpc) is 3.57. The summed E-state index contributed by atoms with van der Waals surface area (Å²) in [7, 11) is 0. The summed E-state index contributed by atoms with van der Waals surface area (Å²) in [5.41, 5.74) is 3.25. The Bertz CT molecular complexity index is 1040. The second-order valence-corrected chi connectivity index (χ2v) is 11.1. The molecule has 3 aliphatic rings. The molecule has 182 valence electrons. The minimum Gasteiger partial charge on any atom is -0.375 e. The van der Waals surface area contributed by atoms with E-state index < -0.39 is 5.82 Å². The number of halogens is 3. The fourth-order valence-electron chi connectivity index (χ4n) is 4.54. The number of nitrogens with one attached hydrogen (secondary N) is 1. The molecule has 1 amide bonds. The van der Waals surface area contributed by atoms with Crippen LogP contribution in [0.15, 0.2) is 30.3 Å². The summed E-state index contributed by atoms with van der Waals surface area (Å²) in [5, 5.41) is 1.24. The van der Waals surface area contributed by atoms with Crippen LogP contribution in [0.25, 0.3) is 0 Å². The number of carbonyl (C=O) groups excluding carboxylic acids is 1. The van der Waals surface area contributed by atoms with Gasteiger partial charge in [0.05, 0.1) is 18.3 Å². The van der Waals surface area contributed by atoms with Crippen LogP contribution in [0.5, 0.6) is 0 Å². The minimum atomic E-state index is -0.459. The lowest BCUT2D eigenvalue weighted by Crippen LogP contribution is -2.43. The van der Waals surface area contributed by atoms with Crippen molar-refractivity contribution >= 4 is 41.2 Å². The van der Waals surface area contributed by atoms with Crippen LogP contribution in [-0.4, -0.2) is 54.0 Å². The molecule has 9 heteroatoms. The normalized spacial score (nSPS) is 21.3. The average molecular weight is 524 g/mol. The topological polar surface area (TPSA) is 44.8 Å². The summed E-state index contributed by atoms with van der Waals surface area (Å²) in [6, 6.07) is 8.90. The van der Waals surface area contributed by atoms with Gasteiger partial charge in [0, 0.05) is 54.9 Å². The highest BCUT2D eigenvalue weighted by molar-refractivity contribution is 7.95. The Hall–Kier alpha value is -1.35. The van der Waals surface area contributed by atoms with E-state index in [-0.39, 0.29) is 17.6 Å². The van der Waals surface area contributed by atoms with E-state index in [1.165, 1.54) is 12.1 Å². The molecule has 1 aliphatic carbocycles. The number of benzene rings is 2. The SMILES string of the molecule is O=C(NSN1CCC1)c1cc(C2CC2)c(CN2CCOC(Cc3cc(Cl)cc(Cl)c3)C2)cc1F. The first-order valence-electron chi connectivity index (χ1n) is 11.8. The van der Waals surface area contributed by atoms with Crippen LogP contribution in [0.2, 0.25) is 10.0 Å². The molecule has 0 aromatic heterocycles. The lowest BCUT2D eigenvalue weighted by Gasteiger charge is -2.33. The third kappa shape index (κ3) is 6.07. The van der Waals surface area contributed by atoms with Crippen LogP contribution in [0, 0.1) is 5.82 Å². The molecule has 1 saturated carbocycles. The van der Waals surface area contributed by atoms with Gasteiger partial charge in [-0.2, -0.15) is 0 Å². The summed E-state index contributed by atoms with van der Waals surface area (Å²) in [5.74, 6) is -0.412. The van der Waals surface area contributed by atoms with Crippen LogP contribution < -0.4 is 4.72 Å². The molecule has 2 aliphatic heterocycles. The zero-order valence-electron chi connectivity index (χ0n) is 18.9. The van der Waals surface area contributed by atoms with Gasteiger partial charge < -0.3 is 4.74 Å². The number of amides is 1. The molecule has 5 rings (SSSR count). The van der Waals surface area contributed by atoms with Crippen molar-refractivity contribution in [3.8, 4) is 0 Å². The van der Waals surface area contributed by atoms with Crippen LogP contribution in [0.1, 0.15) is 52.2 Å². The van der Waals surface area contributed by atoms with Crippen molar-refractivity contribution in [2.45, 2.75) is 44.2 Å². The number of morpholine rings is 1. The highest BCUT2D eigenvalue weighted by Crippen LogP contribution is 2.43. The Balaban J connectivity index is 1.26. The molecule has 1 N–H and O–H groups in total. The number of hydrogen-bond acceptors (Lipinski definition) is 5. The van der Waals surface area contributed by atoms with Crippen LogP contribution >= 0.6 is 35.3 Å². The van der Waals surface area contributed by atoms with Crippen molar-refractivity contribution in [3.63, 3.8) is 0 Å². The zero-order valence-corrected chi connectivity index (χ0v) is 21.2. The molecule has 2 aromatic carbocycles. The van der Waals surface area contributed by atoms with Gasteiger partial charge in [-0.15, -0.1) is 0 Å². The molecule has 2 heterocycles. The van der Waals surface area contributed by atoms with E-state index in [1.54, 1.807) is 18.2 Å². The molecule has 34 heavy (non-hydrogen) atoms. The maximum absolute atomic E-state index is 15.0. The van der Waals surface area contributed by atoms with Crippen molar-refractivity contribution in [3.05, 3.63) is 68.4 Å². The van der Waals surface area contributed by atoms with Crippen molar-refractivity contribution in [2.24, 2.45) is 0 Å². The lowest BCUT2D eigenvalue weighted by atomic mass is 9.98. The molecule has 5 nitrogen and oxygen atoms in total. The van der Waals surface area contributed by atoms with E-state index in [9.17, 15) is 4.79 Å². The standard InChI is InChI=1S/C25H28Cl2FN3O2S/c26-19-8-16(9-20(27)12-19)10-21-15-30(6-7-33-21)14-18-11-24(28)23(13-22(18)17-2-3-17)25(32)29-34-31-4-1-5-31/h8-9,11-13,17,21H,1-7,10,14-15H2,(H,29,32). The monoisotopic (exact) mass is 523 g/mol. The van der Waals surface area contributed by atoms with Gasteiger partial charge in [-0.25, -0.2) is 8.70 Å². The van der Waals surface area contributed by atoms with Crippen molar-refractivity contribution in [1.82, 2.24) is 13.9 Å². The molecule has 2 aromatic rings. The third-order valence-electron chi connectivity index (χ3n) is 6.58. The Labute approximate surface area is 214 Å². The highest BCUT2D eigenvalue weighted by Gasteiger charge is 2.30. The van der Waals surface area contributed by atoms with Gasteiger partial charge in [0.2, 0.25) is 0 Å². The smallest absolute Gasteiger partial charge is 0.265 e. The molecule has 0 bridgehead atoms. The van der Waals surface area contributed by atoms with E-state index in [0.717, 1.165) is 62.1 Å². The quantitative estimate of drug-likeness (QED) is 0.466. The highest BCUT2D eigenvalue weighted by atomic mass is 35.5. The van der Waals surface area contributed by atoms with Gasteiger partial charge in [-0.1, -0.05) is 23.2 Å². The molecular formula is C25H28Cl2FN3O2S. The lowest BCUT2D eigenvalue weighted by molar-refractivity contribution is -0.0305. The van der Waals surface area contributed by atoms with Crippen LogP contribution in [0.3, 0.4) is 0 Å². The number of carbonyl (C=O) groups is 1. The Morgan fingerprint density at radius 1 is 1.12 bits per heavy atom. The zero-order chi connectivity index (χ0) is 23.7. The summed E-state index contributed by atoms with van der Waals surface area (Å²) in [4.78, 5) is 14.9. The molecule has 3 fully saturated rings. The van der Waals surface area contributed by atoms with E-state index in [0.29, 0.717) is 35.5 Å². The summed E-state index contributed by atoms with van der Waals surface area (Å²) in [6.07, 6.45) is 4.04. The Morgan fingerprint density at radius 3 is 2.56 bits per heavy atom. The maximum atomic E-state index is 15.0. The molecular weight excluding hydrogens is 496 g/mol. The van der Waals surface area contributed by atoms with Gasteiger partial charge in [0.15, 0.2) is 0 Å². The molecule has 0 spiro atoms. The van der Waals surface area contributed by atoms with Gasteiger partial charge >= 0.3 is 0 Å².